The molecule has 2 heterocycles. The van der Waals surface area contributed by atoms with Crippen molar-refractivity contribution < 1.29 is 9.18 Å². The minimum Gasteiger partial charge on any atom is -0.357 e. The number of benzene rings is 1. The Morgan fingerprint density at radius 1 is 1.10 bits per heavy atom. The fraction of sp³-hybridized carbons (Fsp3) is 0.652. The molecular weight excluding hydrogens is 381 g/mol. The molecule has 0 unspecified atom stereocenters. The lowest BCUT2D eigenvalue weighted by molar-refractivity contribution is -0.131. The molecule has 0 saturated carbocycles. The third-order valence-electron chi connectivity index (χ3n) is 6.05. The molecule has 1 aromatic carbocycles. The molecule has 0 spiro atoms. The monoisotopic (exact) mass is 417 g/mol. The van der Waals surface area contributed by atoms with E-state index in [0.29, 0.717) is 13.1 Å². The summed E-state index contributed by atoms with van der Waals surface area (Å²) >= 11 is 0. The first-order valence-corrected chi connectivity index (χ1v) is 11.2. The minimum absolute atomic E-state index is 0.212. The number of nitrogens with one attached hydrogen (secondary N) is 1. The van der Waals surface area contributed by atoms with Crippen molar-refractivity contribution in [3.8, 4) is 0 Å². The average Bonchev–Trinajstić information content (AvgIpc) is 3.27. The molecule has 166 valence electrons. The van der Waals surface area contributed by atoms with E-state index >= 15 is 0 Å². The first-order chi connectivity index (χ1) is 14.4. The van der Waals surface area contributed by atoms with Gasteiger partial charge in [0.15, 0.2) is 5.96 Å². The summed E-state index contributed by atoms with van der Waals surface area (Å²) < 4.78 is 13.6. The van der Waals surface area contributed by atoms with Crippen LogP contribution in [-0.2, 0) is 10.2 Å². The number of carbonyl (C=O) groups is 1. The maximum Gasteiger partial charge on any atom is 0.236 e. The molecule has 2 aliphatic rings. The number of likely N-dealkylation sites (tertiary alicyclic amines) is 1. The molecule has 6 nitrogen and oxygen atoms in total. The topological polar surface area (TPSA) is 51.2 Å². The van der Waals surface area contributed by atoms with E-state index in [4.69, 9.17) is 4.99 Å². The van der Waals surface area contributed by atoms with E-state index < -0.39 is 0 Å². The molecular formula is C23H36FN5O. The Labute approximate surface area is 180 Å². The average molecular weight is 418 g/mol. The van der Waals surface area contributed by atoms with Crippen molar-refractivity contribution in [2.45, 2.75) is 39.0 Å². The van der Waals surface area contributed by atoms with Crippen LogP contribution < -0.4 is 5.32 Å². The van der Waals surface area contributed by atoms with Crippen molar-refractivity contribution in [2.75, 3.05) is 58.9 Å². The highest BCUT2D eigenvalue weighted by atomic mass is 19.1. The van der Waals surface area contributed by atoms with E-state index in [2.05, 4.69) is 35.9 Å². The van der Waals surface area contributed by atoms with Crippen molar-refractivity contribution in [1.82, 2.24) is 20.0 Å². The van der Waals surface area contributed by atoms with E-state index in [1.54, 1.807) is 12.1 Å². The Morgan fingerprint density at radius 3 is 2.43 bits per heavy atom. The SMILES string of the molecule is CCNC(=NCC(C)(C)c1cccc(F)c1)N1CCN(CC(=O)N2CCCC2)CC1. The van der Waals surface area contributed by atoms with Crippen LogP contribution >= 0.6 is 0 Å². The quantitative estimate of drug-likeness (QED) is 0.570. The molecule has 2 aliphatic heterocycles. The number of halogens is 1. The zero-order chi connectivity index (χ0) is 21.6. The summed E-state index contributed by atoms with van der Waals surface area (Å²) in [4.78, 5) is 23.8. The maximum absolute atomic E-state index is 13.6. The third kappa shape index (κ3) is 5.94. The molecule has 3 rings (SSSR count). The van der Waals surface area contributed by atoms with E-state index in [1.807, 2.05) is 11.0 Å². The Hall–Kier alpha value is -2.15. The molecule has 0 aromatic heterocycles. The van der Waals surface area contributed by atoms with Gasteiger partial charge in [-0.15, -0.1) is 0 Å². The molecule has 1 aromatic rings. The Morgan fingerprint density at radius 2 is 1.80 bits per heavy atom. The molecule has 0 atom stereocenters. The van der Waals surface area contributed by atoms with Gasteiger partial charge in [0.25, 0.3) is 0 Å². The summed E-state index contributed by atoms with van der Waals surface area (Å²) in [6.45, 7) is 13.4. The van der Waals surface area contributed by atoms with Crippen molar-refractivity contribution in [3.63, 3.8) is 0 Å². The summed E-state index contributed by atoms with van der Waals surface area (Å²) in [6, 6.07) is 6.78. The van der Waals surface area contributed by atoms with Crippen LogP contribution in [-0.4, -0.2) is 85.5 Å². The summed E-state index contributed by atoms with van der Waals surface area (Å²) in [5.74, 6) is 0.946. The molecule has 0 bridgehead atoms. The van der Waals surface area contributed by atoms with Gasteiger partial charge >= 0.3 is 0 Å². The smallest absolute Gasteiger partial charge is 0.236 e. The van der Waals surface area contributed by atoms with Gasteiger partial charge in [-0.2, -0.15) is 0 Å². The number of nitrogens with zero attached hydrogens (tertiary/aromatic N) is 4. The van der Waals surface area contributed by atoms with Crippen LogP contribution in [0.4, 0.5) is 4.39 Å². The van der Waals surface area contributed by atoms with Crippen molar-refractivity contribution in [1.29, 1.82) is 0 Å². The Balaban J connectivity index is 1.56. The molecule has 2 fully saturated rings. The van der Waals surface area contributed by atoms with Gasteiger partial charge in [-0.05, 0) is 37.5 Å². The lowest BCUT2D eigenvalue weighted by Gasteiger charge is -2.37. The zero-order valence-electron chi connectivity index (χ0n) is 18.7. The number of aliphatic imine (C=N–C) groups is 1. The van der Waals surface area contributed by atoms with Gasteiger partial charge in [-0.1, -0.05) is 26.0 Å². The van der Waals surface area contributed by atoms with Gasteiger partial charge in [0.05, 0.1) is 13.1 Å². The molecule has 0 radical (unpaired) electrons. The largest absolute Gasteiger partial charge is 0.357 e. The van der Waals surface area contributed by atoms with E-state index in [9.17, 15) is 9.18 Å². The lowest BCUT2D eigenvalue weighted by Crippen LogP contribution is -2.54. The van der Waals surface area contributed by atoms with Crippen LogP contribution in [0.25, 0.3) is 0 Å². The fourth-order valence-electron chi connectivity index (χ4n) is 4.07. The molecule has 7 heteroatoms. The zero-order valence-corrected chi connectivity index (χ0v) is 18.7. The van der Waals surface area contributed by atoms with Crippen LogP contribution in [0.3, 0.4) is 0 Å². The number of rotatable bonds is 6. The maximum atomic E-state index is 13.6. The standard InChI is InChI=1S/C23H36FN5O/c1-4-25-22(26-18-23(2,3)19-8-7-9-20(24)16-19)29-14-12-27(13-15-29)17-21(30)28-10-5-6-11-28/h7-9,16H,4-6,10-15,17-18H2,1-3H3,(H,25,26). The highest BCUT2D eigenvalue weighted by Gasteiger charge is 2.26. The van der Waals surface area contributed by atoms with Crippen molar-refractivity contribution in [3.05, 3.63) is 35.6 Å². The lowest BCUT2D eigenvalue weighted by atomic mass is 9.85. The second-order valence-electron chi connectivity index (χ2n) is 8.92. The number of guanidine groups is 1. The van der Waals surface area contributed by atoms with Crippen LogP contribution in [0.2, 0.25) is 0 Å². The summed E-state index contributed by atoms with van der Waals surface area (Å²) in [5, 5.41) is 3.40. The van der Waals surface area contributed by atoms with Crippen molar-refractivity contribution >= 4 is 11.9 Å². The highest BCUT2D eigenvalue weighted by molar-refractivity contribution is 5.80. The van der Waals surface area contributed by atoms with Crippen LogP contribution in [0, 0.1) is 5.82 Å². The first-order valence-electron chi connectivity index (χ1n) is 11.2. The summed E-state index contributed by atoms with van der Waals surface area (Å²) in [5.41, 5.74) is 0.694. The van der Waals surface area contributed by atoms with Crippen LogP contribution in [0.15, 0.2) is 29.3 Å². The predicted octanol–water partition coefficient (Wildman–Crippen LogP) is 2.31. The second kappa shape index (κ2) is 10.2. The number of hydrogen-bond acceptors (Lipinski definition) is 3. The van der Waals surface area contributed by atoms with E-state index in [0.717, 1.165) is 70.2 Å². The van der Waals surface area contributed by atoms with Gasteiger partial charge < -0.3 is 15.1 Å². The predicted molar refractivity (Wildman–Crippen MR) is 119 cm³/mol. The summed E-state index contributed by atoms with van der Waals surface area (Å²) in [6.07, 6.45) is 2.27. The number of amides is 1. The number of piperazine rings is 1. The van der Waals surface area contributed by atoms with E-state index in [1.165, 1.54) is 6.07 Å². The van der Waals surface area contributed by atoms with Crippen molar-refractivity contribution in [2.24, 2.45) is 4.99 Å². The third-order valence-corrected chi connectivity index (χ3v) is 6.05. The molecule has 1 amide bonds. The number of carbonyl (C=O) groups excluding carboxylic acids is 1. The van der Waals surface area contributed by atoms with Crippen LogP contribution in [0.5, 0.6) is 0 Å². The van der Waals surface area contributed by atoms with Gasteiger partial charge in [0.1, 0.15) is 5.82 Å². The minimum atomic E-state index is -0.257. The van der Waals surface area contributed by atoms with E-state index in [-0.39, 0.29) is 17.1 Å². The van der Waals surface area contributed by atoms with Gasteiger partial charge in [0, 0.05) is 51.2 Å². The normalized spacial score (nSPS) is 18.7. The Bertz CT molecular complexity index is 737. The van der Waals surface area contributed by atoms with Gasteiger partial charge in [-0.3, -0.25) is 14.7 Å². The van der Waals surface area contributed by atoms with Gasteiger partial charge in [0.2, 0.25) is 5.91 Å². The second-order valence-corrected chi connectivity index (χ2v) is 8.92. The fourth-order valence-corrected chi connectivity index (χ4v) is 4.07. The number of hydrogen-bond donors (Lipinski definition) is 1. The first kappa shape index (κ1) is 22.5. The molecule has 30 heavy (non-hydrogen) atoms. The Kier molecular flexibility index (Phi) is 7.69. The van der Waals surface area contributed by atoms with Gasteiger partial charge in [-0.25, -0.2) is 4.39 Å². The highest BCUT2D eigenvalue weighted by Crippen LogP contribution is 2.24. The van der Waals surface area contributed by atoms with Crippen LogP contribution in [0.1, 0.15) is 39.2 Å². The molecule has 0 aliphatic carbocycles. The summed E-state index contributed by atoms with van der Waals surface area (Å²) in [7, 11) is 0. The molecule has 1 N–H and O–H groups in total. The molecule has 2 saturated heterocycles.